The van der Waals surface area contributed by atoms with Crippen LogP contribution in [0.4, 0.5) is 5.69 Å². The molecule has 2 atom stereocenters. The third kappa shape index (κ3) is 4.98. The van der Waals surface area contributed by atoms with Gasteiger partial charge in [-0.15, -0.1) is 0 Å². The van der Waals surface area contributed by atoms with Crippen LogP contribution >= 0.6 is 15.9 Å². The van der Waals surface area contributed by atoms with E-state index in [1.807, 2.05) is 24.3 Å². The average Bonchev–Trinajstić information content (AvgIpc) is 3.20. The summed E-state index contributed by atoms with van der Waals surface area (Å²) < 4.78 is 6.45. The first-order chi connectivity index (χ1) is 13.7. The van der Waals surface area contributed by atoms with Gasteiger partial charge in [-0.25, -0.2) is 10.9 Å². The zero-order valence-electron chi connectivity index (χ0n) is 15.7. The predicted octanol–water partition coefficient (Wildman–Crippen LogP) is 2.83. The minimum Gasteiger partial charge on any atom is -0.379 e. The molecule has 0 bridgehead atoms. The maximum Gasteiger partial charge on any atom is 0.242 e. The fourth-order valence-corrected chi connectivity index (χ4v) is 3.90. The number of hydrogen-bond acceptors (Lipinski definition) is 5. The van der Waals surface area contributed by atoms with Crippen LogP contribution in [0.1, 0.15) is 23.6 Å². The smallest absolute Gasteiger partial charge is 0.242 e. The van der Waals surface area contributed by atoms with E-state index in [9.17, 15) is 4.79 Å². The normalized spacial score (nSPS) is 22.9. The molecule has 3 N–H and O–H groups in total. The number of amides is 1. The van der Waals surface area contributed by atoms with Crippen molar-refractivity contribution in [2.45, 2.75) is 25.0 Å². The Morgan fingerprint density at radius 2 is 1.93 bits per heavy atom. The Balaban J connectivity index is 1.33. The number of rotatable bonds is 5. The van der Waals surface area contributed by atoms with Gasteiger partial charge in [-0.2, -0.15) is 0 Å². The molecule has 2 heterocycles. The first-order valence-corrected chi connectivity index (χ1v) is 10.4. The third-order valence-corrected chi connectivity index (χ3v) is 5.73. The second kappa shape index (κ2) is 9.15. The van der Waals surface area contributed by atoms with E-state index in [4.69, 9.17) is 4.74 Å². The lowest BCUT2D eigenvalue weighted by Gasteiger charge is -2.26. The third-order valence-electron chi connectivity index (χ3n) is 5.20. The number of ether oxygens (including phenoxy) is 1. The highest BCUT2D eigenvalue weighted by Crippen LogP contribution is 2.24. The minimum atomic E-state index is -0.267. The number of anilines is 1. The largest absolute Gasteiger partial charge is 0.379 e. The number of nitrogens with zero attached hydrogens (tertiary/aromatic N) is 1. The zero-order chi connectivity index (χ0) is 19.3. The van der Waals surface area contributed by atoms with Crippen LogP contribution in [0.3, 0.4) is 0 Å². The minimum absolute atomic E-state index is 0.0179. The van der Waals surface area contributed by atoms with Crippen molar-refractivity contribution in [3.8, 4) is 0 Å². The molecule has 2 aromatic carbocycles. The molecule has 2 unspecified atom stereocenters. The van der Waals surface area contributed by atoms with E-state index in [1.54, 1.807) is 0 Å². The van der Waals surface area contributed by atoms with Crippen LogP contribution in [0.15, 0.2) is 53.0 Å². The molecule has 148 valence electrons. The summed E-state index contributed by atoms with van der Waals surface area (Å²) in [6, 6.07) is 16.1. The second-order valence-corrected chi connectivity index (χ2v) is 8.17. The van der Waals surface area contributed by atoms with Crippen LogP contribution in [-0.2, 0) is 16.1 Å². The van der Waals surface area contributed by atoms with Crippen molar-refractivity contribution in [2.75, 3.05) is 31.6 Å². The van der Waals surface area contributed by atoms with Gasteiger partial charge in [0.05, 0.1) is 13.2 Å². The molecule has 0 aliphatic carbocycles. The molecular formula is C21H25BrN4O2. The predicted molar refractivity (Wildman–Crippen MR) is 113 cm³/mol. The summed E-state index contributed by atoms with van der Waals surface area (Å²) >= 11 is 3.45. The molecule has 0 aromatic heterocycles. The molecule has 28 heavy (non-hydrogen) atoms. The van der Waals surface area contributed by atoms with Crippen molar-refractivity contribution < 1.29 is 9.53 Å². The van der Waals surface area contributed by atoms with Gasteiger partial charge in [0.2, 0.25) is 5.91 Å². The lowest BCUT2D eigenvalue weighted by molar-refractivity contribution is -0.117. The van der Waals surface area contributed by atoms with Gasteiger partial charge in [0.1, 0.15) is 6.04 Å². The fourth-order valence-electron chi connectivity index (χ4n) is 3.64. The highest BCUT2D eigenvalue weighted by molar-refractivity contribution is 9.10. The van der Waals surface area contributed by atoms with Crippen molar-refractivity contribution in [3.63, 3.8) is 0 Å². The zero-order valence-corrected chi connectivity index (χ0v) is 17.2. The summed E-state index contributed by atoms with van der Waals surface area (Å²) in [5.74, 6) is -0.0179. The Kier molecular flexibility index (Phi) is 6.39. The molecule has 2 fully saturated rings. The quantitative estimate of drug-likeness (QED) is 0.661. The number of hydrazine groups is 1. The topological polar surface area (TPSA) is 65.6 Å². The van der Waals surface area contributed by atoms with E-state index < -0.39 is 0 Å². The SMILES string of the molecule is O=C(Nc1cccc(CN2CCOCC2)c1)C1CC(c2ccc(Br)cc2)NN1. The Morgan fingerprint density at radius 1 is 1.14 bits per heavy atom. The van der Waals surface area contributed by atoms with Gasteiger partial charge < -0.3 is 10.1 Å². The van der Waals surface area contributed by atoms with E-state index in [2.05, 4.69) is 61.3 Å². The van der Waals surface area contributed by atoms with Crippen molar-refractivity contribution in [1.29, 1.82) is 0 Å². The molecule has 6 nitrogen and oxygen atoms in total. The Hall–Kier alpha value is -1.77. The molecule has 1 amide bonds. The lowest BCUT2D eigenvalue weighted by Crippen LogP contribution is -2.39. The highest BCUT2D eigenvalue weighted by atomic mass is 79.9. The van der Waals surface area contributed by atoms with Crippen molar-refractivity contribution in [1.82, 2.24) is 15.8 Å². The first-order valence-electron chi connectivity index (χ1n) is 9.64. The van der Waals surface area contributed by atoms with Gasteiger partial charge in [0, 0.05) is 35.8 Å². The van der Waals surface area contributed by atoms with Crippen molar-refractivity contribution in [2.24, 2.45) is 0 Å². The van der Waals surface area contributed by atoms with Gasteiger partial charge in [-0.1, -0.05) is 40.2 Å². The Morgan fingerprint density at radius 3 is 2.71 bits per heavy atom. The van der Waals surface area contributed by atoms with Crippen LogP contribution < -0.4 is 16.2 Å². The summed E-state index contributed by atoms with van der Waals surface area (Å²) in [5.41, 5.74) is 9.56. The summed E-state index contributed by atoms with van der Waals surface area (Å²) in [5, 5.41) is 3.05. The summed E-state index contributed by atoms with van der Waals surface area (Å²) in [6.45, 7) is 4.35. The van der Waals surface area contributed by atoms with Gasteiger partial charge in [0.25, 0.3) is 0 Å². The number of benzene rings is 2. The van der Waals surface area contributed by atoms with Crippen LogP contribution in [0.2, 0.25) is 0 Å². The summed E-state index contributed by atoms with van der Waals surface area (Å²) in [6.07, 6.45) is 0.709. The number of nitrogens with one attached hydrogen (secondary N) is 3. The van der Waals surface area contributed by atoms with E-state index in [-0.39, 0.29) is 18.0 Å². The van der Waals surface area contributed by atoms with Crippen molar-refractivity contribution in [3.05, 3.63) is 64.1 Å². The average molecular weight is 445 g/mol. The molecule has 0 radical (unpaired) electrons. The standard InChI is InChI=1S/C21H25BrN4O2/c22-17-6-4-16(5-7-17)19-13-20(25-24-19)21(27)23-18-3-1-2-15(12-18)14-26-8-10-28-11-9-26/h1-7,12,19-20,24-25H,8-11,13-14H2,(H,23,27). The van der Waals surface area contributed by atoms with Crippen molar-refractivity contribution >= 4 is 27.5 Å². The molecule has 7 heteroatoms. The second-order valence-electron chi connectivity index (χ2n) is 7.26. The summed E-state index contributed by atoms with van der Waals surface area (Å²) in [4.78, 5) is 15.1. The summed E-state index contributed by atoms with van der Waals surface area (Å²) in [7, 11) is 0. The molecule has 2 aliphatic heterocycles. The number of hydrogen-bond donors (Lipinski definition) is 3. The molecular weight excluding hydrogens is 420 g/mol. The maximum atomic E-state index is 12.7. The monoisotopic (exact) mass is 444 g/mol. The van der Waals surface area contributed by atoms with Gasteiger partial charge >= 0.3 is 0 Å². The van der Waals surface area contributed by atoms with Crippen LogP contribution in [0, 0.1) is 0 Å². The first kappa shape index (κ1) is 19.5. The molecule has 0 saturated carbocycles. The van der Waals surface area contributed by atoms with Gasteiger partial charge in [-0.3, -0.25) is 9.69 Å². The molecule has 4 rings (SSSR count). The molecule has 2 saturated heterocycles. The molecule has 2 aromatic rings. The highest BCUT2D eigenvalue weighted by Gasteiger charge is 2.30. The number of morpholine rings is 1. The number of halogens is 1. The Bertz CT molecular complexity index is 808. The number of carbonyl (C=O) groups is 1. The molecule has 2 aliphatic rings. The van der Waals surface area contributed by atoms with Gasteiger partial charge in [-0.05, 0) is 41.8 Å². The van der Waals surface area contributed by atoms with E-state index in [1.165, 1.54) is 11.1 Å². The van der Waals surface area contributed by atoms with Crippen LogP contribution in [0.25, 0.3) is 0 Å². The van der Waals surface area contributed by atoms with Crippen LogP contribution in [-0.4, -0.2) is 43.2 Å². The Labute approximate surface area is 173 Å². The maximum absolute atomic E-state index is 12.7. The van der Waals surface area contributed by atoms with Crippen LogP contribution in [0.5, 0.6) is 0 Å². The fraction of sp³-hybridized carbons (Fsp3) is 0.381. The van der Waals surface area contributed by atoms with E-state index in [0.717, 1.165) is 43.0 Å². The molecule has 0 spiro atoms. The van der Waals surface area contributed by atoms with Gasteiger partial charge in [0.15, 0.2) is 0 Å². The number of carbonyl (C=O) groups excluding carboxylic acids is 1. The van der Waals surface area contributed by atoms with E-state index >= 15 is 0 Å². The lowest BCUT2D eigenvalue weighted by atomic mass is 10.0. The van der Waals surface area contributed by atoms with E-state index in [0.29, 0.717) is 6.42 Å².